The summed E-state index contributed by atoms with van der Waals surface area (Å²) in [5.74, 6) is -0.574. The molecule has 2 nitrogen and oxygen atoms in total. The zero-order chi connectivity index (χ0) is 19.9. The fourth-order valence-corrected chi connectivity index (χ4v) is 4.70. The smallest absolute Gasteiger partial charge is 0.258 e. The quantitative estimate of drug-likeness (QED) is 0.543. The first-order chi connectivity index (χ1) is 13.3. The maximum atomic E-state index is 13.8. The monoisotopic (exact) mass is 373 g/mol. The van der Waals surface area contributed by atoms with E-state index < -0.39 is 11.4 Å². The Hall–Kier alpha value is -2.94. The lowest BCUT2D eigenvalue weighted by Crippen LogP contribution is -2.55. The van der Waals surface area contributed by atoms with Crippen molar-refractivity contribution >= 4 is 11.6 Å². The van der Waals surface area contributed by atoms with E-state index in [0.29, 0.717) is 5.56 Å². The highest BCUT2D eigenvalue weighted by molar-refractivity contribution is 6.08. The van der Waals surface area contributed by atoms with Crippen molar-refractivity contribution in [3.05, 3.63) is 101 Å². The van der Waals surface area contributed by atoms with E-state index in [1.54, 1.807) is 12.1 Å². The summed E-state index contributed by atoms with van der Waals surface area (Å²) in [6.45, 7) is 6.41. The van der Waals surface area contributed by atoms with E-state index in [1.807, 2.05) is 29.2 Å². The van der Waals surface area contributed by atoms with Crippen LogP contribution < -0.4 is 4.90 Å². The van der Waals surface area contributed by atoms with Gasteiger partial charge in [-0.15, -0.1) is 0 Å². The van der Waals surface area contributed by atoms with Crippen LogP contribution >= 0.6 is 0 Å². The average Bonchev–Trinajstić information content (AvgIpc) is 2.68. The largest absolute Gasteiger partial charge is 0.302 e. The number of carbonyl (C=O) groups is 1. The molecule has 0 saturated carbocycles. The molecule has 1 atom stereocenters. The highest BCUT2D eigenvalue weighted by Crippen LogP contribution is 2.50. The van der Waals surface area contributed by atoms with Crippen molar-refractivity contribution in [2.45, 2.75) is 38.1 Å². The lowest BCUT2D eigenvalue weighted by molar-refractivity contribution is 0.0948. The molecule has 142 valence electrons. The van der Waals surface area contributed by atoms with E-state index in [4.69, 9.17) is 0 Å². The topological polar surface area (TPSA) is 20.3 Å². The number of para-hydroxylation sites is 1. The standard InChI is InChI=1S/C25H24FNO/c1-24(2)17-25(3,19-11-5-4-6-12-19)21-14-7-8-15-22(21)27(24)23(28)18-10-9-13-20(26)16-18/h4-16H,17H2,1-3H3/t25-/m0/s1. The van der Waals surface area contributed by atoms with Gasteiger partial charge in [0.05, 0.1) is 0 Å². The molecule has 0 aliphatic carbocycles. The first-order valence-corrected chi connectivity index (χ1v) is 9.58. The van der Waals surface area contributed by atoms with E-state index >= 15 is 0 Å². The molecule has 1 heterocycles. The number of halogens is 1. The maximum absolute atomic E-state index is 13.8. The Balaban J connectivity index is 1.89. The number of fused-ring (bicyclic) bond motifs is 1. The number of hydrogen-bond donors (Lipinski definition) is 0. The number of amides is 1. The molecular formula is C25H24FNO. The van der Waals surface area contributed by atoms with Crippen molar-refractivity contribution < 1.29 is 9.18 Å². The molecule has 0 aromatic heterocycles. The molecule has 3 aromatic carbocycles. The van der Waals surface area contributed by atoms with Crippen molar-refractivity contribution in [3.63, 3.8) is 0 Å². The number of nitrogens with zero attached hydrogens (tertiary/aromatic N) is 1. The van der Waals surface area contributed by atoms with Crippen molar-refractivity contribution in [2.24, 2.45) is 0 Å². The zero-order valence-electron chi connectivity index (χ0n) is 16.4. The molecule has 0 N–H and O–H groups in total. The predicted octanol–water partition coefficient (Wildman–Crippen LogP) is 5.96. The Morgan fingerprint density at radius 2 is 1.57 bits per heavy atom. The number of anilines is 1. The number of benzene rings is 3. The first kappa shape index (κ1) is 18.4. The highest BCUT2D eigenvalue weighted by atomic mass is 19.1. The van der Waals surface area contributed by atoms with Gasteiger partial charge in [0.1, 0.15) is 5.82 Å². The second-order valence-electron chi connectivity index (χ2n) is 8.36. The molecule has 0 saturated heterocycles. The van der Waals surface area contributed by atoms with Crippen molar-refractivity contribution in [2.75, 3.05) is 4.90 Å². The Bertz CT molecular complexity index is 1030. The summed E-state index contributed by atoms with van der Waals surface area (Å²) in [4.78, 5) is 15.3. The second-order valence-corrected chi connectivity index (χ2v) is 8.36. The highest BCUT2D eigenvalue weighted by Gasteiger charge is 2.47. The van der Waals surface area contributed by atoms with Crippen LogP contribution in [0.4, 0.5) is 10.1 Å². The van der Waals surface area contributed by atoms with Gasteiger partial charge in [-0.25, -0.2) is 4.39 Å². The minimum Gasteiger partial charge on any atom is -0.302 e. The Kier molecular flexibility index (Phi) is 4.34. The lowest BCUT2D eigenvalue weighted by Gasteiger charge is -2.51. The van der Waals surface area contributed by atoms with E-state index in [0.717, 1.165) is 17.7 Å². The summed E-state index contributed by atoms with van der Waals surface area (Å²) >= 11 is 0. The Morgan fingerprint density at radius 3 is 2.29 bits per heavy atom. The van der Waals surface area contributed by atoms with Crippen LogP contribution in [0.5, 0.6) is 0 Å². The number of hydrogen-bond acceptors (Lipinski definition) is 1. The van der Waals surface area contributed by atoms with Crippen LogP contribution in [0.15, 0.2) is 78.9 Å². The van der Waals surface area contributed by atoms with Crippen molar-refractivity contribution in [1.82, 2.24) is 0 Å². The minimum absolute atomic E-state index is 0.174. The van der Waals surface area contributed by atoms with Gasteiger partial charge in [-0.1, -0.05) is 61.5 Å². The summed E-state index contributed by atoms with van der Waals surface area (Å²) in [7, 11) is 0. The van der Waals surface area contributed by atoms with Crippen LogP contribution in [-0.2, 0) is 5.41 Å². The van der Waals surface area contributed by atoms with Crippen LogP contribution in [0.25, 0.3) is 0 Å². The van der Waals surface area contributed by atoms with E-state index in [9.17, 15) is 9.18 Å². The molecule has 0 fully saturated rings. The van der Waals surface area contributed by atoms with Gasteiger partial charge in [-0.05, 0) is 55.7 Å². The molecule has 4 rings (SSSR count). The molecule has 0 radical (unpaired) electrons. The maximum Gasteiger partial charge on any atom is 0.258 e. The molecule has 0 spiro atoms. The average molecular weight is 373 g/mol. The van der Waals surface area contributed by atoms with Crippen LogP contribution in [0.1, 0.15) is 48.7 Å². The normalized spacial score (nSPS) is 20.5. The van der Waals surface area contributed by atoms with Gasteiger partial charge in [-0.3, -0.25) is 4.79 Å². The fraction of sp³-hybridized carbons (Fsp3) is 0.240. The van der Waals surface area contributed by atoms with Gasteiger partial charge in [0.15, 0.2) is 0 Å². The van der Waals surface area contributed by atoms with E-state index in [1.165, 1.54) is 17.7 Å². The number of carbonyl (C=O) groups excluding carboxylic acids is 1. The number of rotatable bonds is 2. The van der Waals surface area contributed by atoms with Crippen LogP contribution in [0.3, 0.4) is 0 Å². The molecule has 28 heavy (non-hydrogen) atoms. The summed E-state index contributed by atoms with van der Waals surface area (Å²) in [6, 6.07) is 24.4. The van der Waals surface area contributed by atoms with Crippen LogP contribution in [-0.4, -0.2) is 11.4 Å². The van der Waals surface area contributed by atoms with E-state index in [-0.39, 0.29) is 11.3 Å². The van der Waals surface area contributed by atoms with Crippen LogP contribution in [0.2, 0.25) is 0 Å². The first-order valence-electron chi connectivity index (χ1n) is 9.58. The third-order valence-corrected chi connectivity index (χ3v) is 5.82. The fourth-order valence-electron chi connectivity index (χ4n) is 4.70. The molecular weight excluding hydrogens is 349 g/mol. The summed E-state index contributed by atoms with van der Waals surface area (Å²) in [5.41, 5.74) is 2.94. The summed E-state index contributed by atoms with van der Waals surface area (Å²) < 4.78 is 13.8. The Morgan fingerprint density at radius 1 is 0.893 bits per heavy atom. The minimum atomic E-state index is -0.442. The van der Waals surface area contributed by atoms with Gasteiger partial charge in [-0.2, -0.15) is 0 Å². The van der Waals surface area contributed by atoms with E-state index in [2.05, 4.69) is 51.1 Å². The molecule has 0 bridgehead atoms. The molecule has 0 unspecified atom stereocenters. The van der Waals surface area contributed by atoms with Gasteiger partial charge < -0.3 is 4.90 Å². The molecule has 1 amide bonds. The molecule has 1 aliphatic heterocycles. The second kappa shape index (κ2) is 6.59. The van der Waals surface area contributed by atoms with Gasteiger partial charge in [0.2, 0.25) is 0 Å². The van der Waals surface area contributed by atoms with Gasteiger partial charge in [0.25, 0.3) is 5.91 Å². The third-order valence-electron chi connectivity index (χ3n) is 5.82. The SMILES string of the molecule is CC1(C)C[C@@](C)(c2ccccc2)c2ccccc2N1C(=O)c1cccc(F)c1. The van der Waals surface area contributed by atoms with Crippen LogP contribution in [0, 0.1) is 5.82 Å². The molecule has 3 aromatic rings. The van der Waals surface area contributed by atoms with Gasteiger partial charge >= 0.3 is 0 Å². The third kappa shape index (κ3) is 2.91. The zero-order valence-corrected chi connectivity index (χ0v) is 16.4. The Labute approximate surface area is 165 Å². The summed E-state index contributed by atoms with van der Waals surface area (Å²) in [5, 5.41) is 0. The van der Waals surface area contributed by atoms with Crippen molar-refractivity contribution in [1.29, 1.82) is 0 Å². The lowest BCUT2D eigenvalue weighted by atomic mass is 9.65. The molecule has 1 aliphatic rings. The molecule has 3 heteroatoms. The predicted molar refractivity (Wildman–Crippen MR) is 111 cm³/mol. The summed E-state index contributed by atoms with van der Waals surface area (Å²) in [6.07, 6.45) is 0.766. The van der Waals surface area contributed by atoms with Gasteiger partial charge in [0, 0.05) is 22.2 Å². The van der Waals surface area contributed by atoms with Crippen molar-refractivity contribution in [3.8, 4) is 0 Å².